The van der Waals surface area contributed by atoms with E-state index in [2.05, 4.69) is 9.55 Å². The Labute approximate surface area is 131 Å². The van der Waals surface area contributed by atoms with Gasteiger partial charge in [-0.3, -0.25) is 18.3 Å². The molecule has 0 radical (unpaired) electrons. The van der Waals surface area contributed by atoms with Crippen LogP contribution in [0.3, 0.4) is 0 Å². The van der Waals surface area contributed by atoms with Gasteiger partial charge in [0, 0.05) is 32.6 Å². The second-order valence-corrected chi connectivity index (χ2v) is 6.18. The van der Waals surface area contributed by atoms with Crippen LogP contribution in [0.5, 0.6) is 0 Å². The molecule has 0 saturated carbocycles. The average molecular weight is 317 g/mol. The number of aryl methyl sites for hydroxylation is 2. The van der Waals surface area contributed by atoms with Crippen molar-refractivity contribution >= 4 is 16.9 Å². The highest BCUT2D eigenvalue weighted by Gasteiger charge is 2.22. The number of hydrogen-bond acceptors (Lipinski definition) is 4. The summed E-state index contributed by atoms with van der Waals surface area (Å²) in [5.41, 5.74) is 1.16. The van der Waals surface area contributed by atoms with E-state index in [9.17, 15) is 9.59 Å². The molecule has 23 heavy (non-hydrogen) atoms. The first kappa shape index (κ1) is 14.3. The number of fused-ring (bicyclic) bond motifs is 3. The molecule has 0 unspecified atom stereocenters. The Morgan fingerprint density at radius 1 is 1.30 bits per heavy atom. The Morgan fingerprint density at radius 3 is 2.78 bits per heavy atom. The molecule has 4 heterocycles. The first-order valence-electron chi connectivity index (χ1n) is 7.74. The predicted octanol–water partition coefficient (Wildman–Crippen LogP) is 0.174. The fourth-order valence-corrected chi connectivity index (χ4v) is 3.35. The zero-order chi connectivity index (χ0) is 16.3. The van der Waals surface area contributed by atoms with E-state index in [1.54, 1.807) is 11.4 Å². The largest absolute Gasteiger partial charge is 0.376 e. The molecule has 4 rings (SSSR count). The van der Waals surface area contributed by atoms with Crippen LogP contribution in [-0.2, 0) is 25.4 Å². The second kappa shape index (κ2) is 4.82. The molecular weight excluding hydrogens is 298 g/mol. The lowest BCUT2D eigenvalue weighted by Crippen LogP contribution is -2.37. The minimum Gasteiger partial charge on any atom is -0.376 e. The lowest BCUT2D eigenvalue weighted by Gasteiger charge is -2.11. The summed E-state index contributed by atoms with van der Waals surface area (Å²) in [4.78, 5) is 29.1. The van der Waals surface area contributed by atoms with E-state index >= 15 is 0 Å². The molecule has 0 bridgehead atoms. The van der Waals surface area contributed by atoms with Crippen LogP contribution in [0, 0.1) is 6.92 Å². The topological polar surface area (TPSA) is 75.5 Å². The molecule has 1 fully saturated rings. The van der Waals surface area contributed by atoms with Gasteiger partial charge in [-0.25, -0.2) is 4.79 Å². The van der Waals surface area contributed by atoms with E-state index in [1.807, 2.05) is 13.1 Å². The summed E-state index contributed by atoms with van der Waals surface area (Å²) in [6, 6.07) is 0. The molecule has 8 heteroatoms. The first-order valence-corrected chi connectivity index (χ1v) is 7.74. The lowest BCUT2D eigenvalue weighted by molar-refractivity contribution is 0.0974. The summed E-state index contributed by atoms with van der Waals surface area (Å²) in [6.07, 6.45) is 4.18. The van der Waals surface area contributed by atoms with Gasteiger partial charge in [-0.1, -0.05) is 0 Å². The lowest BCUT2D eigenvalue weighted by atomic mass is 10.2. The molecule has 122 valence electrons. The summed E-state index contributed by atoms with van der Waals surface area (Å²) < 4.78 is 12.1. The van der Waals surface area contributed by atoms with Crippen LogP contribution in [0.2, 0.25) is 0 Å². The average Bonchev–Trinajstić information content (AvgIpc) is 3.21. The van der Waals surface area contributed by atoms with Crippen molar-refractivity contribution in [1.29, 1.82) is 0 Å². The molecule has 1 aliphatic rings. The number of aromatic nitrogens is 5. The van der Waals surface area contributed by atoms with Gasteiger partial charge in [0.2, 0.25) is 5.78 Å². The van der Waals surface area contributed by atoms with Crippen molar-refractivity contribution < 1.29 is 4.74 Å². The van der Waals surface area contributed by atoms with Crippen LogP contribution < -0.4 is 11.2 Å². The van der Waals surface area contributed by atoms with Gasteiger partial charge < -0.3 is 9.30 Å². The SMILES string of the molecule is Cc1cn2c3c(=O)n(C)c(=O)n(C)c3nc2n1C[C@@H]1CCCO1. The molecule has 8 nitrogen and oxygen atoms in total. The van der Waals surface area contributed by atoms with Gasteiger partial charge in [0.05, 0.1) is 12.6 Å². The molecule has 0 aliphatic carbocycles. The van der Waals surface area contributed by atoms with Gasteiger partial charge in [-0.2, -0.15) is 4.98 Å². The van der Waals surface area contributed by atoms with Crippen molar-refractivity contribution in [2.24, 2.45) is 14.1 Å². The van der Waals surface area contributed by atoms with Crippen LogP contribution in [0.15, 0.2) is 15.8 Å². The molecule has 0 spiro atoms. The van der Waals surface area contributed by atoms with E-state index in [0.717, 1.165) is 29.7 Å². The van der Waals surface area contributed by atoms with Gasteiger partial charge >= 0.3 is 5.69 Å². The number of nitrogens with zero attached hydrogens (tertiary/aromatic N) is 5. The van der Waals surface area contributed by atoms with Crippen LogP contribution in [0.1, 0.15) is 18.5 Å². The molecule has 3 aromatic heterocycles. The van der Waals surface area contributed by atoms with Crippen molar-refractivity contribution in [3.05, 3.63) is 32.7 Å². The molecule has 0 aromatic carbocycles. The number of imidazole rings is 2. The van der Waals surface area contributed by atoms with Gasteiger partial charge in [0.15, 0.2) is 11.2 Å². The zero-order valence-electron chi connectivity index (χ0n) is 13.4. The van der Waals surface area contributed by atoms with Crippen molar-refractivity contribution in [2.75, 3.05) is 6.61 Å². The molecule has 0 amide bonds. The van der Waals surface area contributed by atoms with Gasteiger partial charge in [0.25, 0.3) is 5.56 Å². The first-order chi connectivity index (χ1) is 11.0. The molecule has 3 aromatic rings. The van der Waals surface area contributed by atoms with Crippen molar-refractivity contribution in [2.45, 2.75) is 32.4 Å². The Morgan fingerprint density at radius 2 is 2.09 bits per heavy atom. The molecular formula is C15H19N5O3. The Hall–Kier alpha value is -2.35. The van der Waals surface area contributed by atoms with Crippen molar-refractivity contribution in [3.63, 3.8) is 0 Å². The van der Waals surface area contributed by atoms with Gasteiger partial charge in [-0.05, 0) is 19.8 Å². The van der Waals surface area contributed by atoms with Crippen LogP contribution in [0.25, 0.3) is 16.9 Å². The van der Waals surface area contributed by atoms with Crippen LogP contribution >= 0.6 is 0 Å². The fourth-order valence-electron chi connectivity index (χ4n) is 3.35. The minimum atomic E-state index is -0.370. The van der Waals surface area contributed by atoms with Gasteiger partial charge in [0.1, 0.15) is 0 Å². The standard InChI is InChI=1S/C15H19N5O3/c1-9-7-20-11-12(17(2)15(22)18(3)13(11)21)16-14(20)19(9)8-10-5-4-6-23-10/h7,10H,4-6,8H2,1-3H3/t10-/m0/s1. The summed E-state index contributed by atoms with van der Waals surface area (Å²) in [5.74, 6) is 0.673. The zero-order valence-corrected chi connectivity index (χ0v) is 13.4. The van der Waals surface area contributed by atoms with Crippen molar-refractivity contribution in [1.82, 2.24) is 23.1 Å². The van der Waals surface area contributed by atoms with Crippen LogP contribution in [-0.4, -0.2) is 35.8 Å². The van der Waals surface area contributed by atoms with Crippen LogP contribution in [0.4, 0.5) is 0 Å². The summed E-state index contributed by atoms with van der Waals surface area (Å²) in [6.45, 7) is 3.49. The summed E-state index contributed by atoms with van der Waals surface area (Å²) in [7, 11) is 3.12. The third-order valence-corrected chi connectivity index (χ3v) is 4.67. The van der Waals surface area contributed by atoms with Gasteiger partial charge in [-0.15, -0.1) is 0 Å². The Balaban J connectivity index is 2.01. The van der Waals surface area contributed by atoms with E-state index in [1.165, 1.54) is 11.6 Å². The van der Waals surface area contributed by atoms with E-state index in [-0.39, 0.29) is 17.4 Å². The molecule has 1 aliphatic heterocycles. The quantitative estimate of drug-likeness (QED) is 0.675. The van der Waals surface area contributed by atoms with E-state index < -0.39 is 0 Å². The highest BCUT2D eigenvalue weighted by atomic mass is 16.5. The molecule has 1 saturated heterocycles. The maximum Gasteiger partial charge on any atom is 0.332 e. The number of hydrogen-bond donors (Lipinski definition) is 0. The Bertz CT molecular complexity index is 1030. The number of ether oxygens (including phenoxy) is 1. The van der Waals surface area contributed by atoms with E-state index in [0.29, 0.717) is 23.5 Å². The normalized spacial score (nSPS) is 18.5. The maximum atomic E-state index is 12.5. The summed E-state index contributed by atoms with van der Waals surface area (Å²) >= 11 is 0. The Kier molecular flexibility index (Phi) is 2.99. The highest BCUT2D eigenvalue weighted by molar-refractivity contribution is 5.75. The van der Waals surface area contributed by atoms with Crippen molar-refractivity contribution in [3.8, 4) is 0 Å². The number of rotatable bonds is 2. The monoisotopic (exact) mass is 317 g/mol. The summed E-state index contributed by atoms with van der Waals surface area (Å²) in [5, 5.41) is 0. The molecule has 0 N–H and O–H groups in total. The predicted molar refractivity (Wildman–Crippen MR) is 84.9 cm³/mol. The molecule has 1 atom stereocenters. The third-order valence-electron chi connectivity index (χ3n) is 4.67. The smallest absolute Gasteiger partial charge is 0.332 e. The van der Waals surface area contributed by atoms with E-state index in [4.69, 9.17) is 4.74 Å². The fraction of sp³-hybridized carbons (Fsp3) is 0.533. The maximum absolute atomic E-state index is 12.5. The minimum absolute atomic E-state index is 0.177. The second-order valence-electron chi connectivity index (χ2n) is 6.18. The highest BCUT2D eigenvalue weighted by Crippen LogP contribution is 2.20. The third kappa shape index (κ3) is 1.91.